The Hall–Kier alpha value is -3.15. The van der Waals surface area contributed by atoms with E-state index in [-0.39, 0.29) is 5.56 Å². The highest BCUT2D eigenvalue weighted by Crippen LogP contribution is 2.43. The minimum Gasteiger partial charge on any atom is -0.496 e. The van der Waals surface area contributed by atoms with Crippen LogP contribution in [0.3, 0.4) is 0 Å². The second kappa shape index (κ2) is 6.87. The van der Waals surface area contributed by atoms with Gasteiger partial charge in [-0.05, 0) is 50.1 Å². The Labute approximate surface area is 156 Å². The van der Waals surface area contributed by atoms with E-state index >= 15 is 0 Å². The van der Waals surface area contributed by atoms with Crippen molar-refractivity contribution in [3.8, 4) is 11.4 Å². The lowest BCUT2D eigenvalue weighted by Gasteiger charge is -2.12. The van der Waals surface area contributed by atoms with Crippen LogP contribution in [0.1, 0.15) is 40.4 Å². The molecule has 2 aromatic carbocycles. The maximum atomic E-state index is 13.7. The summed E-state index contributed by atoms with van der Waals surface area (Å²) in [6.07, 6.45) is 2.22. The van der Waals surface area contributed by atoms with Gasteiger partial charge in [-0.15, -0.1) is 0 Å². The van der Waals surface area contributed by atoms with E-state index in [4.69, 9.17) is 9.84 Å². The molecule has 1 heterocycles. The number of aromatic nitrogens is 2. The summed E-state index contributed by atoms with van der Waals surface area (Å²) in [7, 11) is 1.45. The molecule has 6 heteroatoms. The fourth-order valence-corrected chi connectivity index (χ4v) is 3.19. The number of hydrogen-bond acceptors (Lipinski definition) is 3. The number of halogens is 1. The smallest absolute Gasteiger partial charge is 0.260 e. The van der Waals surface area contributed by atoms with Gasteiger partial charge in [0, 0.05) is 11.5 Å². The predicted octanol–water partition coefficient (Wildman–Crippen LogP) is 4.46. The van der Waals surface area contributed by atoms with Crippen LogP contribution in [0.5, 0.6) is 5.75 Å². The molecule has 27 heavy (non-hydrogen) atoms. The molecular weight excluding hydrogens is 345 g/mol. The maximum Gasteiger partial charge on any atom is 0.260 e. The van der Waals surface area contributed by atoms with E-state index in [1.165, 1.54) is 25.3 Å². The van der Waals surface area contributed by atoms with Gasteiger partial charge in [-0.2, -0.15) is 5.10 Å². The lowest BCUT2D eigenvalue weighted by Crippen LogP contribution is -2.17. The monoisotopic (exact) mass is 365 g/mol. The van der Waals surface area contributed by atoms with Crippen LogP contribution in [-0.2, 0) is 0 Å². The first-order valence-corrected chi connectivity index (χ1v) is 8.88. The summed E-state index contributed by atoms with van der Waals surface area (Å²) in [5.74, 6) is 0.426. The summed E-state index contributed by atoms with van der Waals surface area (Å²) < 4.78 is 20.6. The van der Waals surface area contributed by atoms with Crippen molar-refractivity contribution in [2.24, 2.45) is 0 Å². The summed E-state index contributed by atoms with van der Waals surface area (Å²) in [4.78, 5) is 12.9. The first-order valence-electron chi connectivity index (χ1n) is 8.88. The third kappa shape index (κ3) is 3.30. The number of nitrogens with zero attached hydrogens (tertiary/aromatic N) is 2. The molecule has 4 rings (SSSR count). The summed E-state index contributed by atoms with van der Waals surface area (Å²) in [6.45, 7) is 1.96. The average Bonchev–Trinajstić information content (AvgIpc) is 3.48. The first kappa shape index (κ1) is 17.3. The number of ether oxygens (including phenoxy) is 1. The Morgan fingerprint density at radius 2 is 1.96 bits per heavy atom. The highest BCUT2D eigenvalue weighted by molar-refractivity contribution is 6.06. The average molecular weight is 365 g/mol. The van der Waals surface area contributed by atoms with E-state index in [9.17, 15) is 9.18 Å². The third-order valence-electron chi connectivity index (χ3n) is 4.76. The maximum absolute atomic E-state index is 13.7. The normalized spacial score (nSPS) is 13.4. The van der Waals surface area contributed by atoms with Gasteiger partial charge < -0.3 is 10.1 Å². The molecule has 0 atom stereocenters. The highest BCUT2D eigenvalue weighted by Gasteiger charge is 2.31. The molecule has 1 saturated carbocycles. The molecule has 1 N–H and O–H groups in total. The van der Waals surface area contributed by atoms with Gasteiger partial charge in [0.1, 0.15) is 17.4 Å². The standard InChI is InChI=1S/C21H20FN3O2/c1-13-19(14-8-9-14)24-25(16-6-4-3-5-7-16)20(13)23-21(26)17-12-15(22)10-11-18(17)27-2/h3-7,10-12,14H,8-9H2,1-2H3,(H,23,26). The van der Waals surface area contributed by atoms with Gasteiger partial charge in [-0.25, -0.2) is 9.07 Å². The van der Waals surface area contributed by atoms with Crippen molar-refractivity contribution in [2.75, 3.05) is 12.4 Å². The number of methoxy groups -OCH3 is 1. The summed E-state index contributed by atoms with van der Waals surface area (Å²) in [6, 6.07) is 13.5. The number of nitrogens with one attached hydrogen (secondary N) is 1. The van der Waals surface area contributed by atoms with E-state index in [0.717, 1.165) is 29.8 Å². The molecule has 1 amide bonds. The Morgan fingerprint density at radius 3 is 2.63 bits per heavy atom. The fourth-order valence-electron chi connectivity index (χ4n) is 3.19. The summed E-state index contributed by atoms with van der Waals surface area (Å²) >= 11 is 0. The molecule has 1 aliphatic rings. The van der Waals surface area contributed by atoms with Crippen LogP contribution in [-0.4, -0.2) is 22.8 Å². The highest BCUT2D eigenvalue weighted by atomic mass is 19.1. The fraction of sp³-hybridized carbons (Fsp3) is 0.238. The molecule has 0 saturated heterocycles. The van der Waals surface area contributed by atoms with Crippen molar-refractivity contribution in [2.45, 2.75) is 25.7 Å². The molecule has 0 bridgehead atoms. The van der Waals surface area contributed by atoms with E-state index in [2.05, 4.69) is 5.32 Å². The number of hydrogen-bond donors (Lipinski definition) is 1. The number of carbonyl (C=O) groups excluding carboxylic acids is 1. The van der Waals surface area contributed by atoms with Crippen molar-refractivity contribution in [1.82, 2.24) is 9.78 Å². The van der Waals surface area contributed by atoms with Crippen LogP contribution in [0, 0.1) is 12.7 Å². The molecule has 1 aromatic heterocycles. The Bertz CT molecular complexity index is 994. The van der Waals surface area contributed by atoms with Gasteiger partial charge >= 0.3 is 0 Å². The second-order valence-electron chi connectivity index (χ2n) is 6.68. The molecule has 5 nitrogen and oxygen atoms in total. The van der Waals surface area contributed by atoms with Gasteiger partial charge in [0.15, 0.2) is 0 Å². The number of amides is 1. The molecule has 3 aromatic rings. The van der Waals surface area contributed by atoms with Crippen molar-refractivity contribution >= 4 is 11.7 Å². The van der Waals surface area contributed by atoms with Gasteiger partial charge in [-0.1, -0.05) is 18.2 Å². The number of rotatable bonds is 5. The molecule has 138 valence electrons. The topological polar surface area (TPSA) is 56.1 Å². The van der Waals surface area contributed by atoms with Gasteiger partial charge in [0.2, 0.25) is 0 Å². The van der Waals surface area contributed by atoms with Crippen molar-refractivity contribution in [3.05, 3.63) is 71.2 Å². The summed E-state index contributed by atoms with van der Waals surface area (Å²) in [5, 5.41) is 7.66. The van der Waals surface area contributed by atoms with Crippen LogP contribution < -0.4 is 10.1 Å². The van der Waals surface area contributed by atoms with Crippen molar-refractivity contribution < 1.29 is 13.9 Å². The van der Waals surface area contributed by atoms with Gasteiger partial charge in [-0.3, -0.25) is 4.79 Å². The number of anilines is 1. The molecular formula is C21H20FN3O2. The minimum absolute atomic E-state index is 0.144. The lowest BCUT2D eigenvalue weighted by molar-refractivity contribution is 0.102. The minimum atomic E-state index is -0.493. The van der Waals surface area contributed by atoms with Crippen molar-refractivity contribution in [1.29, 1.82) is 0 Å². The van der Waals surface area contributed by atoms with E-state index in [1.807, 2.05) is 37.3 Å². The quantitative estimate of drug-likeness (QED) is 0.726. The van der Waals surface area contributed by atoms with Crippen molar-refractivity contribution in [3.63, 3.8) is 0 Å². The van der Waals surface area contributed by atoms with Crippen LogP contribution in [0.2, 0.25) is 0 Å². The van der Waals surface area contributed by atoms with E-state index in [0.29, 0.717) is 17.5 Å². The van der Waals surface area contributed by atoms with Gasteiger partial charge in [0.25, 0.3) is 5.91 Å². The predicted molar refractivity (Wildman–Crippen MR) is 101 cm³/mol. The molecule has 0 aliphatic heterocycles. The number of benzene rings is 2. The van der Waals surface area contributed by atoms with E-state index < -0.39 is 11.7 Å². The zero-order chi connectivity index (χ0) is 19.0. The summed E-state index contributed by atoms with van der Waals surface area (Å²) in [5.41, 5.74) is 2.94. The molecule has 0 spiro atoms. The Balaban J connectivity index is 1.75. The van der Waals surface area contributed by atoms with Crippen LogP contribution >= 0.6 is 0 Å². The SMILES string of the molecule is COc1ccc(F)cc1C(=O)Nc1c(C)c(C2CC2)nn1-c1ccccc1. The molecule has 1 aliphatic carbocycles. The number of para-hydroxylation sites is 1. The molecule has 1 fully saturated rings. The van der Waals surface area contributed by atoms with Crippen LogP contribution in [0.15, 0.2) is 48.5 Å². The molecule has 0 radical (unpaired) electrons. The Kier molecular flexibility index (Phi) is 4.39. The molecule has 0 unspecified atom stereocenters. The van der Waals surface area contributed by atoms with Gasteiger partial charge in [0.05, 0.1) is 24.1 Å². The van der Waals surface area contributed by atoms with Crippen LogP contribution in [0.4, 0.5) is 10.2 Å². The zero-order valence-corrected chi connectivity index (χ0v) is 15.2. The first-order chi connectivity index (χ1) is 13.1. The zero-order valence-electron chi connectivity index (χ0n) is 15.2. The van der Waals surface area contributed by atoms with Crippen LogP contribution in [0.25, 0.3) is 5.69 Å². The Morgan fingerprint density at radius 1 is 1.22 bits per heavy atom. The third-order valence-corrected chi connectivity index (χ3v) is 4.76. The lowest BCUT2D eigenvalue weighted by atomic mass is 10.1. The largest absolute Gasteiger partial charge is 0.496 e. The second-order valence-corrected chi connectivity index (χ2v) is 6.68. The van der Waals surface area contributed by atoms with E-state index in [1.54, 1.807) is 4.68 Å². The number of carbonyl (C=O) groups is 1.